The lowest BCUT2D eigenvalue weighted by atomic mass is 9.95. The average molecular weight is 398 g/mol. The number of amides is 2. The van der Waals surface area contributed by atoms with Crippen LogP contribution < -0.4 is 4.74 Å². The maximum atomic E-state index is 12.8. The summed E-state index contributed by atoms with van der Waals surface area (Å²) in [5.74, 6) is -2.69. The average Bonchev–Trinajstić information content (AvgIpc) is 2.64. The lowest BCUT2D eigenvalue weighted by molar-refractivity contribution is -0.148. The van der Waals surface area contributed by atoms with Crippen LogP contribution in [0.3, 0.4) is 0 Å². The Labute approximate surface area is 161 Å². The van der Waals surface area contributed by atoms with Crippen molar-refractivity contribution in [1.29, 1.82) is 0 Å². The molecule has 154 valence electrons. The van der Waals surface area contributed by atoms with Crippen LogP contribution in [0.5, 0.6) is 5.75 Å². The Bertz CT molecular complexity index is 726. The van der Waals surface area contributed by atoms with E-state index in [0.29, 0.717) is 19.4 Å². The third kappa shape index (κ3) is 5.40. The zero-order valence-corrected chi connectivity index (χ0v) is 15.8. The van der Waals surface area contributed by atoms with Gasteiger partial charge in [-0.3, -0.25) is 14.4 Å². The van der Waals surface area contributed by atoms with E-state index in [1.165, 1.54) is 28.0 Å². The quantitative estimate of drug-likeness (QED) is 0.762. The standard InChI is InChI=1S/C19H24F2N2O5/c1-12(2)23(11-16(24)25)17(26)13-6-5-9-22(10-13)18(27)14-7-3-4-8-15(14)28-19(20)21/h3-4,7-8,12-13,19H,5-6,9-11H2,1-2H3,(H,24,25). The molecule has 7 nitrogen and oxygen atoms in total. The highest BCUT2D eigenvalue weighted by atomic mass is 19.3. The Kier molecular flexibility index (Phi) is 7.31. The van der Waals surface area contributed by atoms with E-state index in [-0.39, 0.29) is 29.8 Å². The number of ether oxygens (including phenoxy) is 1. The Balaban J connectivity index is 2.15. The minimum absolute atomic E-state index is 0.00199. The van der Waals surface area contributed by atoms with Crippen molar-refractivity contribution in [1.82, 2.24) is 9.80 Å². The molecule has 1 aliphatic heterocycles. The van der Waals surface area contributed by atoms with Gasteiger partial charge in [0, 0.05) is 19.1 Å². The third-order valence-corrected chi connectivity index (χ3v) is 4.60. The number of hydrogen-bond donors (Lipinski definition) is 1. The number of carboxylic acids is 1. The topological polar surface area (TPSA) is 87.2 Å². The van der Waals surface area contributed by atoms with Crippen LogP contribution in [0, 0.1) is 5.92 Å². The SMILES string of the molecule is CC(C)N(CC(=O)O)C(=O)C1CCCN(C(=O)c2ccccc2OC(F)F)C1. The molecule has 1 unspecified atom stereocenters. The van der Waals surface area contributed by atoms with E-state index in [0.717, 1.165) is 0 Å². The summed E-state index contributed by atoms with van der Waals surface area (Å²) in [5.41, 5.74) is 0.00199. The van der Waals surface area contributed by atoms with Gasteiger partial charge >= 0.3 is 12.6 Å². The van der Waals surface area contributed by atoms with E-state index in [9.17, 15) is 23.2 Å². The Morgan fingerprint density at radius 2 is 1.96 bits per heavy atom. The van der Waals surface area contributed by atoms with Gasteiger partial charge in [0.15, 0.2) is 0 Å². The normalized spacial score (nSPS) is 16.9. The third-order valence-electron chi connectivity index (χ3n) is 4.60. The van der Waals surface area contributed by atoms with Crippen LogP contribution in [-0.4, -0.2) is 65.0 Å². The van der Waals surface area contributed by atoms with Crippen molar-refractivity contribution in [2.24, 2.45) is 5.92 Å². The highest BCUT2D eigenvalue weighted by molar-refractivity contribution is 5.97. The second-order valence-electron chi connectivity index (χ2n) is 6.92. The van der Waals surface area contributed by atoms with Crippen molar-refractivity contribution in [3.8, 4) is 5.75 Å². The molecule has 9 heteroatoms. The molecule has 1 fully saturated rings. The van der Waals surface area contributed by atoms with Crippen molar-refractivity contribution in [2.75, 3.05) is 19.6 Å². The van der Waals surface area contributed by atoms with Crippen LogP contribution in [0.2, 0.25) is 0 Å². The van der Waals surface area contributed by atoms with Gasteiger partial charge in [0.1, 0.15) is 12.3 Å². The molecule has 1 N–H and O–H groups in total. The van der Waals surface area contributed by atoms with E-state index < -0.39 is 31.0 Å². The zero-order valence-electron chi connectivity index (χ0n) is 15.8. The molecule has 0 radical (unpaired) electrons. The first-order chi connectivity index (χ1) is 13.2. The number of carboxylic acid groups (broad SMARTS) is 1. The van der Waals surface area contributed by atoms with Gasteiger partial charge in [-0.25, -0.2) is 0 Å². The van der Waals surface area contributed by atoms with Gasteiger partial charge in [-0.05, 0) is 38.8 Å². The number of alkyl halides is 2. The number of nitrogens with zero attached hydrogens (tertiary/aromatic N) is 2. The molecule has 0 spiro atoms. The molecule has 1 aromatic carbocycles. The first-order valence-corrected chi connectivity index (χ1v) is 9.06. The molecule has 0 aromatic heterocycles. The van der Waals surface area contributed by atoms with Crippen LogP contribution in [0.15, 0.2) is 24.3 Å². The molecule has 1 heterocycles. The van der Waals surface area contributed by atoms with Crippen LogP contribution in [0.4, 0.5) is 8.78 Å². The van der Waals surface area contributed by atoms with Gasteiger partial charge in [-0.15, -0.1) is 0 Å². The highest BCUT2D eigenvalue weighted by Gasteiger charge is 2.34. The molecule has 1 saturated heterocycles. The monoisotopic (exact) mass is 398 g/mol. The van der Waals surface area contributed by atoms with E-state index in [1.807, 2.05) is 0 Å². The number of carbonyl (C=O) groups excluding carboxylic acids is 2. The number of likely N-dealkylation sites (tertiary alicyclic amines) is 1. The first kappa shape index (κ1) is 21.6. The molecule has 2 rings (SSSR count). The molecule has 0 bridgehead atoms. The number of rotatable bonds is 7. The molecule has 28 heavy (non-hydrogen) atoms. The molecule has 1 atom stereocenters. The minimum atomic E-state index is -3.06. The van der Waals surface area contributed by atoms with Gasteiger partial charge in [0.25, 0.3) is 5.91 Å². The summed E-state index contributed by atoms with van der Waals surface area (Å²) < 4.78 is 29.6. The van der Waals surface area contributed by atoms with Gasteiger partial charge in [-0.2, -0.15) is 8.78 Å². The molecule has 2 amide bonds. The van der Waals surface area contributed by atoms with Crippen molar-refractivity contribution >= 4 is 17.8 Å². The van der Waals surface area contributed by atoms with Gasteiger partial charge in [0.05, 0.1) is 11.5 Å². The fourth-order valence-electron chi connectivity index (χ4n) is 3.27. The Hall–Kier alpha value is -2.71. The summed E-state index contributed by atoms with van der Waals surface area (Å²) in [5, 5.41) is 9.04. The van der Waals surface area contributed by atoms with E-state index in [1.54, 1.807) is 19.9 Å². The second-order valence-corrected chi connectivity index (χ2v) is 6.92. The second kappa shape index (κ2) is 9.48. The number of hydrogen-bond acceptors (Lipinski definition) is 4. The summed E-state index contributed by atoms with van der Waals surface area (Å²) >= 11 is 0. The van der Waals surface area contributed by atoms with E-state index in [2.05, 4.69) is 4.74 Å². The fourth-order valence-corrected chi connectivity index (χ4v) is 3.27. The maximum Gasteiger partial charge on any atom is 0.387 e. The molecule has 0 aliphatic carbocycles. The van der Waals surface area contributed by atoms with Crippen molar-refractivity contribution < 1.29 is 33.0 Å². The summed E-state index contributed by atoms with van der Waals surface area (Å²) in [7, 11) is 0. The summed E-state index contributed by atoms with van der Waals surface area (Å²) in [4.78, 5) is 39.4. The number of halogens is 2. The Morgan fingerprint density at radius 1 is 1.29 bits per heavy atom. The molecule has 0 saturated carbocycles. The van der Waals surface area contributed by atoms with E-state index in [4.69, 9.17) is 5.11 Å². The largest absolute Gasteiger partial charge is 0.480 e. The Morgan fingerprint density at radius 3 is 2.57 bits per heavy atom. The van der Waals surface area contributed by atoms with Crippen molar-refractivity contribution in [2.45, 2.75) is 39.3 Å². The number of aliphatic carboxylic acids is 1. The molecular formula is C19H24F2N2O5. The van der Waals surface area contributed by atoms with E-state index >= 15 is 0 Å². The number of benzene rings is 1. The van der Waals surface area contributed by atoms with Gasteiger partial charge in [-0.1, -0.05) is 12.1 Å². The fraction of sp³-hybridized carbons (Fsp3) is 0.526. The number of piperidine rings is 1. The number of para-hydroxylation sites is 1. The lowest BCUT2D eigenvalue weighted by Gasteiger charge is -2.36. The molecule has 1 aromatic rings. The van der Waals surface area contributed by atoms with Crippen LogP contribution in [-0.2, 0) is 9.59 Å². The number of carbonyl (C=O) groups is 3. The van der Waals surface area contributed by atoms with Gasteiger partial charge in [0.2, 0.25) is 5.91 Å². The van der Waals surface area contributed by atoms with Crippen LogP contribution in [0.25, 0.3) is 0 Å². The smallest absolute Gasteiger partial charge is 0.387 e. The maximum absolute atomic E-state index is 12.8. The minimum Gasteiger partial charge on any atom is -0.480 e. The predicted octanol–water partition coefficient (Wildman–Crippen LogP) is 2.46. The first-order valence-electron chi connectivity index (χ1n) is 9.06. The molecule has 1 aliphatic rings. The van der Waals surface area contributed by atoms with Gasteiger partial charge < -0.3 is 19.6 Å². The van der Waals surface area contributed by atoms with Crippen LogP contribution >= 0.6 is 0 Å². The highest BCUT2D eigenvalue weighted by Crippen LogP contribution is 2.26. The summed E-state index contributed by atoms with van der Waals surface area (Å²) in [6.07, 6.45) is 1.08. The summed E-state index contributed by atoms with van der Waals surface area (Å²) in [6, 6.07) is 5.43. The van der Waals surface area contributed by atoms with Crippen molar-refractivity contribution in [3.63, 3.8) is 0 Å². The zero-order chi connectivity index (χ0) is 20.8. The lowest BCUT2D eigenvalue weighted by Crippen LogP contribution is -2.49. The summed E-state index contributed by atoms with van der Waals surface area (Å²) in [6.45, 7) is 0.469. The van der Waals surface area contributed by atoms with Crippen LogP contribution in [0.1, 0.15) is 37.0 Å². The van der Waals surface area contributed by atoms with Crippen molar-refractivity contribution in [3.05, 3.63) is 29.8 Å². The predicted molar refractivity (Wildman–Crippen MR) is 96.2 cm³/mol. The molecular weight excluding hydrogens is 374 g/mol.